The number of piperazine rings is 1. The minimum Gasteiger partial charge on any atom is -0.491 e. The van der Waals surface area contributed by atoms with Crippen LogP contribution in [0.5, 0.6) is 5.75 Å². The van der Waals surface area contributed by atoms with Gasteiger partial charge < -0.3 is 19.9 Å². The Bertz CT molecular complexity index is 1170. The molecule has 2 heterocycles. The van der Waals surface area contributed by atoms with Crippen LogP contribution in [0.3, 0.4) is 0 Å². The molecular weight excluding hydrogens is 480 g/mol. The molecular formula is C26H28N4O3S2. The Morgan fingerprint density at radius 3 is 2.40 bits per heavy atom. The summed E-state index contributed by atoms with van der Waals surface area (Å²) in [5, 5.41) is 7.91. The molecule has 35 heavy (non-hydrogen) atoms. The van der Waals surface area contributed by atoms with Crippen molar-refractivity contribution in [2.24, 2.45) is 0 Å². The summed E-state index contributed by atoms with van der Waals surface area (Å²) in [7, 11) is 0. The molecule has 0 unspecified atom stereocenters. The van der Waals surface area contributed by atoms with Crippen molar-refractivity contribution in [1.82, 2.24) is 10.2 Å². The highest BCUT2D eigenvalue weighted by Crippen LogP contribution is 2.21. The first-order valence-electron chi connectivity index (χ1n) is 11.5. The van der Waals surface area contributed by atoms with Crippen LogP contribution in [0, 0.1) is 0 Å². The predicted molar refractivity (Wildman–Crippen MR) is 145 cm³/mol. The van der Waals surface area contributed by atoms with Crippen molar-refractivity contribution in [3.05, 3.63) is 76.5 Å². The lowest BCUT2D eigenvalue weighted by Crippen LogP contribution is -2.48. The topological polar surface area (TPSA) is 73.9 Å². The molecule has 9 heteroatoms. The first-order valence-corrected chi connectivity index (χ1v) is 12.7. The molecule has 1 aliphatic rings. The molecule has 2 aromatic carbocycles. The van der Waals surface area contributed by atoms with Crippen molar-refractivity contribution in [2.45, 2.75) is 20.0 Å². The number of ether oxygens (including phenoxy) is 1. The Balaban J connectivity index is 1.27. The van der Waals surface area contributed by atoms with E-state index in [4.69, 9.17) is 17.0 Å². The van der Waals surface area contributed by atoms with Crippen LogP contribution in [0.2, 0.25) is 0 Å². The van der Waals surface area contributed by atoms with Crippen LogP contribution < -0.4 is 20.3 Å². The molecule has 0 aliphatic carbocycles. The van der Waals surface area contributed by atoms with Gasteiger partial charge in [-0.2, -0.15) is 0 Å². The molecule has 182 valence electrons. The molecule has 2 N–H and O–H groups in total. The summed E-state index contributed by atoms with van der Waals surface area (Å²) in [5.41, 5.74) is 2.33. The van der Waals surface area contributed by atoms with Gasteiger partial charge in [-0.05, 0) is 80.0 Å². The van der Waals surface area contributed by atoms with Gasteiger partial charge >= 0.3 is 0 Å². The SMILES string of the molecule is CC(C)Oc1cccc(C(=O)NC(=S)Nc2ccc(N3CCN(C(=O)c4cccs4)CC3)cc2)c1. The number of hydrogen-bond acceptors (Lipinski definition) is 6. The summed E-state index contributed by atoms with van der Waals surface area (Å²) in [6.07, 6.45) is 0.0246. The molecule has 0 saturated carbocycles. The second-order valence-corrected chi connectivity index (χ2v) is 9.76. The molecule has 2 amide bonds. The maximum absolute atomic E-state index is 12.6. The van der Waals surface area contributed by atoms with Gasteiger partial charge in [-0.25, -0.2) is 0 Å². The molecule has 0 bridgehead atoms. The van der Waals surface area contributed by atoms with E-state index in [9.17, 15) is 9.59 Å². The van der Waals surface area contributed by atoms with E-state index in [1.54, 1.807) is 18.2 Å². The van der Waals surface area contributed by atoms with Gasteiger partial charge in [-0.1, -0.05) is 12.1 Å². The van der Waals surface area contributed by atoms with E-state index in [0.29, 0.717) is 24.4 Å². The number of carbonyl (C=O) groups is 2. The number of nitrogens with zero attached hydrogens (tertiary/aromatic N) is 2. The van der Waals surface area contributed by atoms with Crippen LogP contribution in [0.15, 0.2) is 66.0 Å². The number of carbonyl (C=O) groups excluding carboxylic acids is 2. The number of thiocarbonyl (C=S) groups is 1. The third-order valence-corrected chi connectivity index (χ3v) is 6.55. The minimum absolute atomic E-state index is 0.0246. The number of anilines is 2. The van der Waals surface area contributed by atoms with Crippen LogP contribution >= 0.6 is 23.6 Å². The molecule has 0 radical (unpaired) electrons. The number of benzene rings is 2. The van der Waals surface area contributed by atoms with Gasteiger partial charge in [0.25, 0.3) is 11.8 Å². The number of rotatable bonds is 6. The predicted octanol–water partition coefficient (Wildman–Crippen LogP) is 4.62. The summed E-state index contributed by atoms with van der Waals surface area (Å²) in [6.45, 7) is 6.80. The highest BCUT2D eigenvalue weighted by Gasteiger charge is 2.22. The van der Waals surface area contributed by atoms with Gasteiger partial charge in [0.1, 0.15) is 5.75 Å². The third kappa shape index (κ3) is 6.58. The monoisotopic (exact) mass is 508 g/mol. The zero-order valence-electron chi connectivity index (χ0n) is 19.7. The second kappa shape index (κ2) is 11.3. The average Bonchev–Trinajstić information content (AvgIpc) is 3.39. The highest BCUT2D eigenvalue weighted by atomic mass is 32.1. The summed E-state index contributed by atoms with van der Waals surface area (Å²) >= 11 is 6.80. The molecule has 3 aromatic rings. The zero-order valence-corrected chi connectivity index (χ0v) is 21.3. The van der Waals surface area contributed by atoms with Crippen LogP contribution in [0.25, 0.3) is 0 Å². The molecule has 1 aliphatic heterocycles. The van der Waals surface area contributed by atoms with E-state index >= 15 is 0 Å². The fourth-order valence-corrected chi connectivity index (χ4v) is 4.70. The van der Waals surface area contributed by atoms with Crippen molar-refractivity contribution in [3.8, 4) is 5.75 Å². The smallest absolute Gasteiger partial charge is 0.264 e. The normalized spacial score (nSPS) is 13.5. The summed E-state index contributed by atoms with van der Waals surface area (Å²) in [5.74, 6) is 0.441. The standard InChI is InChI=1S/C26H28N4O3S2/c1-18(2)33-22-6-3-5-19(17-22)24(31)28-26(34)27-20-8-10-21(11-9-20)29-12-14-30(15-13-29)25(32)23-7-4-16-35-23/h3-11,16-18H,12-15H2,1-2H3,(H2,27,28,31,34). The fourth-order valence-electron chi connectivity index (χ4n) is 3.80. The molecule has 1 fully saturated rings. The Morgan fingerprint density at radius 1 is 1.00 bits per heavy atom. The van der Waals surface area contributed by atoms with Crippen molar-refractivity contribution < 1.29 is 14.3 Å². The van der Waals surface area contributed by atoms with Gasteiger partial charge in [0.2, 0.25) is 0 Å². The molecule has 1 aromatic heterocycles. The van der Waals surface area contributed by atoms with Gasteiger partial charge in [-0.3, -0.25) is 14.9 Å². The Kier molecular flexibility index (Phi) is 7.99. The Morgan fingerprint density at radius 2 is 1.74 bits per heavy atom. The van der Waals surface area contributed by atoms with E-state index in [1.165, 1.54) is 11.3 Å². The van der Waals surface area contributed by atoms with Gasteiger partial charge in [0.15, 0.2) is 5.11 Å². The lowest BCUT2D eigenvalue weighted by atomic mass is 10.2. The van der Waals surface area contributed by atoms with E-state index < -0.39 is 0 Å². The van der Waals surface area contributed by atoms with E-state index in [-0.39, 0.29) is 23.0 Å². The van der Waals surface area contributed by atoms with E-state index in [0.717, 1.165) is 29.3 Å². The van der Waals surface area contributed by atoms with Gasteiger partial charge in [-0.15, -0.1) is 11.3 Å². The number of nitrogens with one attached hydrogen (secondary N) is 2. The summed E-state index contributed by atoms with van der Waals surface area (Å²) in [6, 6.07) is 18.6. The maximum Gasteiger partial charge on any atom is 0.264 e. The second-order valence-electron chi connectivity index (χ2n) is 8.41. The Hall–Kier alpha value is -3.43. The molecule has 7 nitrogen and oxygen atoms in total. The minimum atomic E-state index is -0.303. The summed E-state index contributed by atoms with van der Waals surface area (Å²) in [4.78, 5) is 30.1. The van der Waals surface area contributed by atoms with Crippen molar-refractivity contribution in [3.63, 3.8) is 0 Å². The quantitative estimate of drug-likeness (QED) is 0.473. The largest absolute Gasteiger partial charge is 0.491 e. The third-order valence-electron chi connectivity index (χ3n) is 5.48. The number of hydrogen-bond donors (Lipinski definition) is 2. The molecule has 0 spiro atoms. The van der Waals surface area contributed by atoms with Gasteiger partial charge in [0, 0.05) is 43.1 Å². The van der Waals surface area contributed by atoms with Crippen LogP contribution in [-0.2, 0) is 0 Å². The van der Waals surface area contributed by atoms with E-state index in [1.807, 2.05) is 66.6 Å². The molecule has 4 rings (SSSR count). The van der Waals surface area contributed by atoms with E-state index in [2.05, 4.69) is 15.5 Å². The van der Waals surface area contributed by atoms with Crippen LogP contribution in [-0.4, -0.2) is 54.1 Å². The first-order chi connectivity index (χ1) is 16.9. The summed E-state index contributed by atoms with van der Waals surface area (Å²) < 4.78 is 5.65. The average molecular weight is 509 g/mol. The highest BCUT2D eigenvalue weighted by molar-refractivity contribution is 7.80. The van der Waals surface area contributed by atoms with Gasteiger partial charge in [0.05, 0.1) is 11.0 Å². The molecule has 0 atom stereocenters. The number of amides is 2. The number of thiophene rings is 1. The fraction of sp³-hybridized carbons (Fsp3) is 0.269. The van der Waals surface area contributed by atoms with Crippen molar-refractivity contribution >= 4 is 51.9 Å². The van der Waals surface area contributed by atoms with Crippen LogP contribution in [0.1, 0.15) is 33.9 Å². The van der Waals surface area contributed by atoms with Crippen LogP contribution in [0.4, 0.5) is 11.4 Å². The molecule has 1 saturated heterocycles. The lowest BCUT2D eigenvalue weighted by Gasteiger charge is -2.36. The van der Waals surface area contributed by atoms with Crippen molar-refractivity contribution in [1.29, 1.82) is 0 Å². The van der Waals surface area contributed by atoms with Crippen molar-refractivity contribution in [2.75, 3.05) is 36.4 Å². The maximum atomic E-state index is 12.6. The first kappa shape index (κ1) is 24.7. The lowest BCUT2D eigenvalue weighted by molar-refractivity contribution is 0.0751. The Labute approximate surface area is 214 Å². The zero-order chi connectivity index (χ0) is 24.8.